The van der Waals surface area contributed by atoms with Crippen molar-refractivity contribution in [3.8, 4) is 0 Å². The maximum Gasteiger partial charge on any atom is -0.0105 e. The van der Waals surface area contributed by atoms with Crippen LogP contribution in [0.2, 0.25) is 0 Å². The molecular weight excluding hydrogens is 216 g/mol. The van der Waals surface area contributed by atoms with Gasteiger partial charge in [-0.05, 0) is 32.3 Å². The van der Waals surface area contributed by atoms with Gasteiger partial charge in [-0.3, -0.25) is 0 Å². The Balaban J connectivity index is 0.000000771. The largest absolute Gasteiger partial charge is 0.0984 e. The molecule has 2 aromatic carbocycles. The van der Waals surface area contributed by atoms with Gasteiger partial charge in [0.2, 0.25) is 0 Å². The summed E-state index contributed by atoms with van der Waals surface area (Å²) >= 11 is 0. The van der Waals surface area contributed by atoms with Crippen molar-refractivity contribution >= 4 is 36.1 Å². The van der Waals surface area contributed by atoms with E-state index in [1.54, 1.807) is 0 Å². The number of hydrogen-bond acceptors (Lipinski definition) is 0. The molecule has 0 heteroatoms. The minimum absolute atomic E-state index is 0.993. The van der Waals surface area contributed by atoms with Crippen LogP contribution in [0.15, 0.2) is 37.4 Å². The van der Waals surface area contributed by atoms with Crippen LogP contribution < -0.4 is 10.4 Å². The van der Waals surface area contributed by atoms with Crippen molar-refractivity contribution in [3.05, 3.63) is 59.0 Å². The van der Waals surface area contributed by atoms with Crippen molar-refractivity contribution in [2.75, 3.05) is 0 Å². The highest BCUT2D eigenvalue weighted by atomic mass is 14.1. The van der Waals surface area contributed by atoms with Gasteiger partial charge in [0.15, 0.2) is 0 Å². The van der Waals surface area contributed by atoms with E-state index in [4.69, 9.17) is 0 Å². The molecule has 92 valence electrons. The van der Waals surface area contributed by atoms with E-state index in [0.717, 1.165) is 32.3 Å². The summed E-state index contributed by atoms with van der Waals surface area (Å²) in [4.78, 5) is 0. The molecule has 0 bridgehead atoms. The van der Waals surface area contributed by atoms with E-state index in [1.807, 2.05) is 38.1 Å². The first kappa shape index (κ1) is 14.0. The van der Waals surface area contributed by atoms with E-state index < -0.39 is 0 Å². The molecule has 0 saturated heterocycles. The first-order valence-electron chi connectivity index (χ1n) is 6.18. The fourth-order valence-corrected chi connectivity index (χ4v) is 2.09. The molecular formula is C18H20. The first-order chi connectivity index (χ1) is 8.70. The number of benzene rings is 2. The predicted molar refractivity (Wildman–Crippen MR) is 85.8 cm³/mol. The van der Waals surface area contributed by atoms with Crippen molar-refractivity contribution in [2.24, 2.45) is 0 Å². The van der Waals surface area contributed by atoms with Crippen LogP contribution in [0.25, 0.3) is 36.1 Å². The highest BCUT2D eigenvalue weighted by molar-refractivity contribution is 5.89. The van der Waals surface area contributed by atoms with E-state index in [0.29, 0.717) is 0 Å². The zero-order chi connectivity index (χ0) is 13.7. The Morgan fingerprint density at radius 2 is 1.11 bits per heavy atom. The lowest BCUT2D eigenvalue weighted by molar-refractivity contribution is 1.50. The third-order valence-corrected chi connectivity index (χ3v) is 2.93. The number of rotatable bonds is 2. The van der Waals surface area contributed by atoms with E-state index in [2.05, 4.69) is 38.4 Å². The summed E-state index contributed by atoms with van der Waals surface area (Å²) in [5, 5.41) is 4.25. The lowest BCUT2D eigenvalue weighted by Gasteiger charge is -2.08. The predicted octanol–water partition coefficient (Wildman–Crippen LogP) is 3.97. The third-order valence-electron chi connectivity index (χ3n) is 2.93. The monoisotopic (exact) mass is 236 g/mol. The highest BCUT2D eigenvalue weighted by Gasteiger charge is 2.04. The van der Waals surface area contributed by atoms with Gasteiger partial charge in [0.1, 0.15) is 0 Å². The van der Waals surface area contributed by atoms with Crippen molar-refractivity contribution in [3.63, 3.8) is 0 Å². The molecule has 0 spiro atoms. The molecule has 0 aliphatic heterocycles. The zero-order valence-electron chi connectivity index (χ0n) is 11.3. The van der Waals surface area contributed by atoms with Crippen LogP contribution in [0.3, 0.4) is 0 Å². The van der Waals surface area contributed by atoms with Gasteiger partial charge in [-0.15, -0.1) is 0 Å². The third kappa shape index (κ3) is 2.14. The smallest absolute Gasteiger partial charge is 0.0105 e. The first-order valence-corrected chi connectivity index (χ1v) is 6.18. The average Bonchev–Trinajstić information content (AvgIpc) is 2.44. The van der Waals surface area contributed by atoms with Crippen LogP contribution in [-0.2, 0) is 0 Å². The van der Waals surface area contributed by atoms with Gasteiger partial charge in [0.05, 0.1) is 0 Å². The van der Waals surface area contributed by atoms with Crippen LogP contribution in [0.4, 0.5) is 0 Å². The maximum atomic E-state index is 4.12. The second-order valence-corrected chi connectivity index (χ2v) is 3.74. The molecule has 0 N–H and O–H groups in total. The van der Waals surface area contributed by atoms with Crippen LogP contribution in [-0.4, -0.2) is 0 Å². The van der Waals surface area contributed by atoms with Gasteiger partial charge in [0.25, 0.3) is 0 Å². The van der Waals surface area contributed by atoms with Crippen LogP contribution in [0.5, 0.6) is 0 Å². The van der Waals surface area contributed by atoms with Crippen molar-refractivity contribution < 1.29 is 0 Å². The van der Waals surface area contributed by atoms with Crippen LogP contribution in [0, 0.1) is 0 Å². The Bertz CT molecular complexity index is 615. The molecule has 0 unspecified atom stereocenters. The summed E-state index contributed by atoms with van der Waals surface area (Å²) in [6.45, 7) is 19.9. The van der Waals surface area contributed by atoms with E-state index in [1.165, 1.54) is 0 Å². The molecule has 2 rings (SSSR count). The van der Waals surface area contributed by atoms with Gasteiger partial charge in [-0.25, -0.2) is 0 Å². The molecule has 0 aliphatic rings. The Morgan fingerprint density at radius 3 is 1.39 bits per heavy atom. The van der Waals surface area contributed by atoms with Gasteiger partial charge < -0.3 is 0 Å². The SMILES string of the molecule is C=Cc1c(C=C)c(=C)c2ccccc2c1=C.CC. The van der Waals surface area contributed by atoms with Gasteiger partial charge in [0, 0.05) is 0 Å². The molecule has 0 atom stereocenters. The number of fused-ring (bicyclic) bond motifs is 1. The second kappa shape index (κ2) is 6.02. The Kier molecular flexibility index (Phi) is 4.67. The van der Waals surface area contributed by atoms with Crippen molar-refractivity contribution in [2.45, 2.75) is 13.8 Å². The van der Waals surface area contributed by atoms with Crippen molar-refractivity contribution in [1.29, 1.82) is 0 Å². The molecule has 0 saturated carbocycles. The van der Waals surface area contributed by atoms with Crippen LogP contribution in [0.1, 0.15) is 25.0 Å². The highest BCUT2D eigenvalue weighted by Crippen LogP contribution is 2.11. The molecule has 2 aromatic rings. The molecule has 0 aliphatic carbocycles. The summed E-state index contributed by atoms with van der Waals surface area (Å²) < 4.78 is 0. The Labute approximate surface area is 109 Å². The van der Waals surface area contributed by atoms with Gasteiger partial charge in [-0.1, -0.05) is 76.6 Å². The summed E-state index contributed by atoms with van der Waals surface area (Å²) in [6.07, 6.45) is 3.64. The fourth-order valence-electron chi connectivity index (χ4n) is 2.09. The zero-order valence-corrected chi connectivity index (χ0v) is 11.3. The Morgan fingerprint density at radius 1 is 0.778 bits per heavy atom. The maximum absolute atomic E-state index is 4.12. The molecule has 0 radical (unpaired) electrons. The lowest BCUT2D eigenvalue weighted by Crippen LogP contribution is -2.17. The van der Waals surface area contributed by atoms with Crippen LogP contribution >= 0.6 is 0 Å². The second-order valence-electron chi connectivity index (χ2n) is 3.74. The van der Waals surface area contributed by atoms with Gasteiger partial charge >= 0.3 is 0 Å². The number of hydrogen-bond donors (Lipinski definition) is 0. The van der Waals surface area contributed by atoms with E-state index in [9.17, 15) is 0 Å². The molecule has 0 aromatic heterocycles. The molecule has 0 amide bonds. The normalized spacial score (nSPS) is 9.44. The topological polar surface area (TPSA) is 0 Å². The van der Waals surface area contributed by atoms with Crippen molar-refractivity contribution in [1.82, 2.24) is 0 Å². The average molecular weight is 236 g/mol. The minimum atomic E-state index is 0.993. The summed E-state index contributed by atoms with van der Waals surface area (Å²) in [6, 6.07) is 8.15. The summed E-state index contributed by atoms with van der Waals surface area (Å²) in [5.41, 5.74) is 2.05. The Hall–Kier alpha value is -2.08. The molecule has 0 nitrogen and oxygen atoms in total. The van der Waals surface area contributed by atoms with E-state index in [-0.39, 0.29) is 0 Å². The molecule has 0 fully saturated rings. The summed E-state index contributed by atoms with van der Waals surface area (Å²) in [7, 11) is 0. The standard InChI is InChI=1S/C16H14.C2H6/c1-5-13-11(3)15-9-7-8-10-16(15)12(4)14(13)6-2;1-2/h5-10H,1-4H2;1-2H3. The lowest BCUT2D eigenvalue weighted by atomic mass is 9.96. The molecule has 18 heavy (non-hydrogen) atoms. The summed E-state index contributed by atoms with van der Waals surface area (Å²) in [5.74, 6) is 0. The molecule has 0 heterocycles. The quantitative estimate of drug-likeness (QED) is 0.740. The van der Waals surface area contributed by atoms with Gasteiger partial charge in [-0.2, -0.15) is 0 Å². The fraction of sp³-hybridized carbons (Fsp3) is 0.111. The minimum Gasteiger partial charge on any atom is -0.0984 e. The van der Waals surface area contributed by atoms with E-state index >= 15 is 0 Å².